The number of rotatable bonds is 5. The summed E-state index contributed by atoms with van der Waals surface area (Å²) >= 11 is 6.69. The summed E-state index contributed by atoms with van der Waals surface area (Å²) < 4.78 is 20.1. The smallest absolute Gasteiger partial charge is 0.202 e. The molecule has 37 heavy (non-hydrogen) atoms. The Hall–Kier alpha value is -3.85. The van der Waals surface area contributed by atoms with Crippen molar-refractivity contribution in [2.24, 2.45) is 11.8 Å². The molecule has 5 aromatic rings. The number of aromatic nitrogens is 6. The summed E-state index contributed by atoms with van der Waals surface area (Å²) in [7, 11) is 0. The van der Waals surface area contributed by atoms with Crippen LogP contribution in [0.25, 0.3) is 33.9 Å². The minimum atomic E-state index is -0.101. The molecule has 7 rings (SSSR count). The van der Waals surface area contributed by atoms with E-state index in [1.807, 2.05) is 12.1 Å². The van der Waals surface area contributed by atoms with Crippen LogP contribution in [0.3, 0.4) is 0 Å². The van der Waals surface area contributed by atoms with Crippen molar-refractivity contribution in [1.82, 2.24) is 30.1 Å². The van der Waals surface area contributed by atoms with Crippen molar-refractivity contribution in [2.45, 2.75) is 25.2 Å². The van der Waals surface area contributed by atoms with E-state index in [2.05, 4.69) is 32.0 Å². The molecule has 0 spiro atoms. The number of oxazole rings is 1. The molecule has 186 valence electrons. The van der Waals surface area contributed by atoms with Crippen LogP contribution in [0, 0.1) is 17.7 Å². The first-order valence-corrected chi connectivity index (χ1v) is 12.7. The topological polar surface area (TPSA) is 96.6 Å². The van der Waals surface area contributed by atoms with Gasteiger partial charge in [-0.25, -0.2) is 19.3 Å². The fourth-order valence-electron chi connectivity index (χ4n) is 6.41. The fourth-order valence-corrected chi connectivity index (χ4v) is 6.71. The van der Waals surface area contributed by atoms with Gasteiger partial charge in [0, 0.05) is 30.3 Å². The predicted molar refractivity (Wildman–Crippen MR) is 138 cm³/mol. The molecule has 0 radical (unpaired) electrons. The quantitative estimate of drug-likeness (QED) is 0.322. The average molecular weight is 516 g/mol. The highest BCUT2D eigenvalue weighted by atomic mass is 35.5. The molecule has 4 aromatic heterocycles. The molecule has 1 aliphatic heterocycles. The Labute approximate surface area is 216 Å². The minimum Gasteiger partial charge on any atom is -0.442 e. The lowest BCUT2D eigenvalue weighted by Gasteiger charge is -2.26. The van der Waals surface area contributed by atoms with Crippen LogP contribution in [0.4, 0.5) is 10.2 Å². The third-order valence-electron chi connectivity index (χ3n) is 8.19. The highest BCUT2D eigenvalue weighted by Gasteiger charge is 2.65. The molecule has 2 fully saturated rings. The molecule has 0 amide bonds. The van der Waals surface area contributed by atoms with Crippen molar-refractivity contribution >= 4 is 28.6 Å². The van der Waals surface area contributed by atoms with Crippen molar-refractivity contribution in [2.75, 3.05) is 18.0 Å². The Morgan fingerprint density at radius 2 is 2.08 bits per heavy atom. The van der Waals surface area contributed by atoms with E-state index in [4.69, 9.17) is 26.0 Å². The highest BCUT2D eigenvalue weighted by molar-refractivity contribution is 6.35. The predicted octanol–water partition coefficient (Wildman–Crippen LogP) is 5.67. The van der Waals surface area contributed by atoms with E-state index in [0.29, 0.717) is 50.7 Å². The first-order chi connectivity index (χ1) is 18.1. The summed E-state index contributed by atoms with van der Waals surface area (Å²) in [5.74, 6) is 2.03. The van der Waals surface area contributed by atoms with Gasteiger partial charge < -0.3 is 9.32 Å². The number of fused-ring (bicyclic) bond motifs is 2. The van der Waals surface area contributed by atoms with Crippen LogP contribution in [0.15, 0.2) is 59.7 Å². The van der Waals surface area contributed by atoms with Crippen molar-refractivity contribution in [1.29, 1.82) is 0 Å². The molecular formula is C27H23ClFN7O. The zero-order valence-electron chi connectivity index (χ0n) is 20.0. The van der Waals surface area contributed by atoms with Gasteiger partial charge in [-0.3, -0.25) is 10.1 Å². The number of nitrogens with one attached hydrogen (secondary N) is 1. The van der Waals surface area contributed by atoms with Crippen LogP contribution in [0.2, 0.25) is 5.02 Å². The van der Waals surface area contributed by atoms with Crippen LogP contribution in [0.1, 0.15) is 25.3 Å². The summed E-state index contributed by atoms with van der Waals surface area (Å²) in [6.45, 7) is 3.84. The standard InChI is InChI=1S/C27H23ClFN7O/c1-2-27(17-5-3-4-6-19(17)29)16-8-10-36(13-18(16)27)21-12-32-25-23(34-35-26(25)33-21)15-7-9-31-24(22(15)28)20-11-30-14-37-20/h3-7,9,11-12,14,16,18H,2,8,10,13H2,1H3,(H,33,34,35)/t16-,18+,27-/m1/s1. The number of nitrogens with zero attached hydrogens (tertiary/aromatic N) is 6. The van der Waals surface area contributed by atoms with Crippen LogP contribution < -0.4 is 4.90 Å². The molecule has 0 unspecified atom stereocenters. The van der Waals surface area contributed by atoms with E-state index in [0.717, 1.165) is 37.3 Å². The second kappa shape index (κ2) is 8.34. The van der Waals surface area contributed by atoms with Crippen molar-refractivity contribution in [3.05, 3.63) is 71.7 Å². The summed E-state index contributed by atoms with van der Waals surface area (Å²) in [5, 5.41) is 7.89. The number of anilines is 1. The molecule has 8 nitrogen and oxygen atoms in total. The summed E-state index contributed by atoms with van der Waals surface area (Å²) in [5.41, 5.74) is 3.73. The van der Waals surface area contributed by atoms with E-state index in [9.17, 15) is 4.39 Å². The van der Waals surface area contributed by atoms with Crippen LogP contribution in [0.5, 0.6) is 0 Å². The molecular weight excluding hydrogens is 493 g/mol. The molecule has 3 atom stereocenters. The van der Waals surface area contributed by atoms with Gasteiger partial charge in [-0.2, -0.15) is 5.10 Å². The number of hydrogen-bond donors (Lipinski definition) is 1. The molecule has 1 saturated heterocycles. The monoisotopic (exact) mass is 515 g/mol. The van der Waals surface area contributed by atoms with Gasteiger partial charge in [0.1, 0.15) is 22.8 Å². The highest BCUT2D eigenvalue weighted by Crippen LogP contribution is 2.65. The normalized spacial score (nSPS) is 22.8. The number of piperidine rings is 1. The number of aromatic amines is 1. The number of benzene rings is 1. The van der Waals surface area contributed by atoms with Gasteiger partial charge in [0.2, 0.25) is 5.65 Å². The third kappa shape index (κ3) is 3.30. The van der Waals surface area contributed by atoms with Gasteiger partial charge in [-0.1, -0.05) is 36.7 Å². The zero-order valence-corrected chi connectivity index (χ0v) is 20.8. The first-order valence-electron chi connectivity index (χ1n) is 12.4. The molecule has 1 saturated carbocycles. The lowest BCUT2D eigenvalue weighted by molar-refractivity contribution is 0.516. The Morgan fingerprint density at radius 1 is 1.19 bits per heavy atom. The van der Waals surface area contributed by atoms with Gasteiger partial charge in [0.15, 0.2) is 12.2 Å². The Morgan fingerprint density at radius 3 is 2.89 bits per heavy atom. The molecule has 1 N–H and O–H groups in total. The fraction of sp³-hybridized carbons (Fsp3) is 0.296. The SMILES string of the molecule is CC[C@]1(c2ccccc2F)[C@@H]2CCN(c3cnc4c(-c5ccnc(-c6cnco6)c5Cl)[nH]nc4n3)C[C@@H]21. The molecule has 10 heteroatoms. The van der Waals surface area contributed by atoms with Gasteiger partial charge in [-0.05, 0) is 42.4 Å². The van der Waals surface area contributed by atoms with Gasteiger partial charge >= 0.3 is 0 Å². The van der Waals surface area contributed by atoms with Crippen LogP contribution >= 0.6 is 11.6 Å². The van der Waals surface area contributed by atoms with E-state index in [1.165, 1.54) is 6.39 Å². The van der Waals surface area contributed by atoms with Crippen LogP contribution in [-0.2, 0) is 5.41 Å². The maximum absolute atomic E-state index is 14.8. The maximum Gasteiger partial charge on any atom is 0.202 e. The number of pyridine rings is 1. The summed E-state index contributed by atoms with van der Waals surface area (Å²) in [6.07, 6.45) is 8.26. The van der Waals surface area contributed by atoms with Crippen molar-refractivity contribution in [3.8, 4) is 22.7 Å². The average Bonchev–Trinajstić information content (AvgIpc) is 3.26. The lowest BCUT2D eigenvalue weighted by Crippen LogP contribution is -2.32. The van der Waals surface area contributed by atoms with Gasteiger partial charge in [-0.15, -0.1) is 0 Å². The second-order valence-corrected chi connectivity index (χ2v) is 10.1. The van der Waals surface area contributed by atoms with Gasteiger partial charge in [0.25, 0.3) is 0 Å². The molecule has 0 bridgehead atoms. The van der Waals surface area contributed by atoms with Gasteiger partial charge in [0.05, 0.1) is 23.1 Å². The second-order valence-electron chi connectivity index (χ2n) is 9.71. The third-order valence-corrected chi connectivity index (χ3v) is 8.57. The zero-order chi connectivity index (χ0) is 25.1. The van der Waals surface area contributed by atoms with E-state index in [-0.39, 0.29) is 11.2 Å². The molecule has 1 aliphatic carbocycles. The Bertz CT molecular complexity index is 1620. The molecule has 2 aliphatic rings. The summed E-state index contributed by atoms with van der Waals surface area (Å²) in [4.78, 5) is 20.1. The Balaban J connectivity index is 1.19. The lowest BCUT2D eigenvalue weighted by atomic mass is 9.88. The van der Waals surface area contributed by atoms with Crippen molar-refractivity contribution in [3.63, 3.8) is 0 Å². The molecule has 1 aromatic carbocycles. The van der Waals surface area contributed by atoms with E-state index < -0.39 is 0 Å². The number of hydrogen-bond acceptors (Lipinski definition) is 7. The Kier molecular flexibility index (Phi) is 5.04. The van der Waals surface area contributed by atoms with E-state index in [1.54, 1.807) is 36.8 Å². The summed E-state index contributed by atoms with van der Waals surface area (Å²) in [6, 6.07) is 9.03. The van der Waals surface area contributed by atoms with Crippen molar-refractivity contribution < 1.29 is 8.81 Å². The molecule has 5 heterocycles. The van der Waals surface area contributed by atoms with E-state index >= 15 is 0 Å². The first kappa shape index (κ1) is 22.4. The number of H-pyrrole nitrogens is 1. The maximum atomic E-state index is 14.8. The van der Waals surface area contributed by atoms with Crippen LogP contribution in [-0.4, -0.2) is 43.2 Å². The minimum absolute atomic E-state index is 0.100. The largest absolute Gasteiger partial charge is 0.442 e. The number of halogens is 2.